The summed E-state index contributed by atoms with van der Waals surface area (Å²) in [5.41, 5.74) is 0.607. The maximum atomic E-state index is 11.8. The van der Waals surface area contributed by atoms with Gasteiger partial charge in [-0.2, -0.15) is 0 Å². The largest absolute Gasteiger partial charge is 0.321 e. The number of hydrogen-bond acceptors (Lipinski definition) is 3. The third kappa shape index (κ3) is 2.97. The summed E-state index contributed by atoms with van der Waals surface area (Å²) in [6, 6.07) is 4.94. The lowest BCUT2D eigenvalue weighted by Crippen LogP contribution is -2.09. The lowest BCUT2D eigenvalue weighted by atomic mass is 10.3. The molecule has 0 saturated carbocycles. The van der Waals surface area contributed by atoms with Crippen LogP contribution in [0.1, 0.15) is 14.7 Å². The van der Waals surface area contributed by atoms with Gasteiger partial charge in [-0.05, 0) is 25.1 Å². The van der Waals surface area contributed by atoms with Crippen molar-refractivity contribution in [3.05, 3.63) is 44.3 Å². The maximum absolute atomic E-state index is 11.8. The Bertz CT molecular complexity index is 568. The second kappa shape index (κ2) is 5.04. The first-order chi connectivity index (χ1) is 8.06. The quantitative estimate of drug-likeness (QED) is 0.906. The van der Waals surface area contributed by atoms with Crippen molar-refractivity contribution in [2.75, 3.05) is 5.32 Å². The number of nitrogens with one attached hydrogen (secondary N) is 1. The Labute approximate surface area is 112 Å². The van der Waals surface area contributed by atoms with Crippen molar-refractivity contribution in [1.29, 1.82) is 0 Å². The molecule has 2 aromatic rings. The van der Waals surface area contributed by atoms with Crippen LogP contribution in [-0.4, -0.2) is 10.9 Å². The molecule has 2 rings (SSSR count). The van der Waals surface area contributed by atoms with Gasteiger partial charge in [0.05, 0.1) is 21.2 Å². The third-order valence-electron chi connectivity index (χ3n) is 2.02. The minimum Gasteiger partial charge on any atom is -0.321 e. The summed E-state index contributed by atoms with van der Waals surface area (Å²) in [4.78, 5) is 16.4. The molecule has 1 N–H and O–H groups in total. The summed E-state index contributed by atoms with van der Waals surface area (Å²) < 4.78 is 0. The molecule has 0 radical (unpaired) electrons. The number of aromatic nitrogens is 1. The van der Waals surface area contributed by atoms with Crippen molar-refractivity contribution in [3.8, 4) is 0 Å². The van der Waals surface area contributed by atoms with Gasteiger partial charge >= 0.3 is 0 Å². The van der Waals surface area contributed by atoms with Crippen molar-refractivity contribution < 1.29 is 4.79 Å². The molecule has 88 valence electrons. The normalized spacial score (nSPS) is 10.3. The summed E-state index contributed by atoms with van der Waals surface area (Å²) >= 11 is 13.0. The Hall–Kier alpha value is -1.10. The van der Waals surface area contributed by atoms with Crippen molar-refractivity contribution in [2.24, 2.45) is 0 Å². The van der Waals surface area contributed by atoms with E-state index in [9.17, 15) is 4.79 Å². The van der Waals surface area contributed by atoms with Crippen LogP contribution in [0.2, 0.25) is 10.0 Å². The van der Waals surface area contributed by atoms with E-state index in [1.165, 1.54) is 11.3 Å². The average Bonchev–Trinajstić information content (AvgIpc) is 2.70. The van der Waals surface area contributed by atoms with Gasteiger partial charge in [0.1, 0.15) is 4.88 Å². The van der Waals surface area contributed by atoms with Crippen LogP contribution in [0.25, 0.3) is 0 Å². The van der Waals surface area contributed by atoms with Crippen LogP contribution in [0.5, 0.6) is 0 Å². The summed E-state index contributed by atoms with van der Waals surface area (Å²) in [5, 5.41) is 4.44. The molecule has 1 amide bonds. The fourth-order valence-electron chi connectivity index (χ4n) is 1.23. The first kappa shape index (κ1) is 12.4. The van der Waals surface area contributed by atoms with E-state index < -0.39 is 0 Å². The molecule has 0 atom stereocenters. The first-order valence-electron chi connectivity index (χ1n) is 4.75. The second-order valence-electron chi connectivity index (χ2n) is 3.33. The van der Waals surface area contributed by atoms with E-state index in [2.05, 4.69) is 10.3 Å². The number of carbonyl (C=O) groups is 1. The minimum atomic E-state index is -0.200. The zero-order valence-corrected chi connectivity index (χ0v) is 11.2. The Morgan fingerprint density at radius 1 is 1.35 bits per heavy atom. The number of nitrogens with zero attached hydrogens (tertiary/aromatic N) is 1. The van der Waals surface area contributed by atoms with Crippen molar-refractivity contribution >= 4 is 46.1 Å². The average molecular weight is 287 g/mol. The van der Waals surface area contributed by atoms with Crippen LogP contribution in [-0.2, 0) is 0 Å². The predicted molar refractivity (Wildman–Crippen MR) is 71.3 cm³/mol. The van der Waals surface area contributed by atoms with Crippen LogP contribution in [0, 0.1) is 6.92 Å². The van der Waals surface area contributed by atoms with E-state index in [-0.39, 0.29) is 5.91 Å². The fraction of sp³-hybridized carbons (Fsp3) is 0.0909. The van der Waals surface area contributed by atoms with E-state index in [0.717, 1.165) is 5.01 Å². The lowest BCUT2D eigenvalue weighted by Gasteiger charge is -2.04. The number of thiazole rings is 1. The number of rotatable bonds is 2. The SMILES string of the molecule is Cc1ncc(C(=O)Nc2ccc(Cl)c(Cl)c2)s1. The van der Waals surface area contributed by atoms with Gasteiger partial charge in [-0.15, -0.1) is 11.3 Å². The highest BCUT2D eigenvalue weighted by atomic mass is 35.5. The summed E-state index contributed by atoms with van der Waals surface area (Å²) in [6.45, 7) is 1.85. The van der Waals surface area contributed by atoms with E-state index in [0.29, 0.717) is 20.6 Å². The monoisotopic (exact) mass is 286 g/mol. The van der Waals surface area contributed by atoms with Gasteiger partial charge < -0.3 is 5.32 Å². The number of carbonyl (C=O) groups excluding carboxylic acids is 1. The van der Waals surface area contributed by atoms with Gasteiger partial charge in [0, 0.05) is 5.69 Å². The Balaban J connectivity index is 2.15. The van der Waals surface area contributed by atoms with Crippen molar-refractivity contribution in [1.82, 2.24) is 4.98 Å². The number of amides is 1. The number of aryl methyl sites for hydroxylation is 1. The number of anilines is 1. The van der Waals surface area contributed by atoms with E-state index in [1.807, 2.05) is 6.92 Å². The molecule has 0 bridgehead atoms. The van der Waals surface area contributed by atoms with Crippen molar-refractivity contribution in [2.45, 2.75) is 6.92 Å². The molecule has 3 nitrogen and oxygen atoms in total. The molecule has 6 heteroatoms. The van der Waals surface area contributed by atoms with Crippen LogP contribution in [0.15, 0.2) is 24.4 Å². The molecule has 0 fully saturated rings. The Morgan fingerprint density at radius 2 is 2.12 bits per heavy atom. The van der Waals surface area contributed by atoms with Gasteiger partial charge in [0.25, 0.3) is 5.91 Å². The summed E-state index contributed by atoms with van der Waals surface area (Å²) in [6.07, 6.45) is 1.55. The Morgan fingerprint density at radius 3 is 2.71 bits per heavy atom. The molecule has 1 heterocycles. The molecular weight excluding hydrogens is 279 g/mol. The van der Waals surface area contributed by atoms with Gasteiger partial charge in [-0.25, -0.2) is 4.98 Å². The van der Waals surface area contributed by atoms with Gasteiger partial charge in [-0.3, -0.25) is 4.79 Å². The highest BCUT2D eigenvalue weighted by Gasteiger charge is 2.09. The fourth-order valence-corrected chi connectivity index (χ4v) is 2.20. The van der Waals surface area contributed by atoms with Crippen LogP contribution >= 0.6 is 34.5 Å². The van der Waals surface area contributed by atoms with Gasteiger partial charge in [0.2, 0.25) is 0 Å². The second-order valence-corrected chi connectivity index (χ2v) is 5.38. The zero-order valence-electron chi connectivity index (χ0n) is 8.83. The van der Waals surface area contributed by atoms with E-state index >= 15 is 0 Å². The molecule has 0 unspecified atom stereocenters. The van der Waals surface area contributed by atoms with Crippen LogP contribution < -0.4 is 5.32 Å². The molecule has 0 aliphatic rings. The van der Waals surface area contributed by atoms with Gasteiger partial charge in [0.15, 0.2) is 0 Å². The zero-order chi connectivity index (χ0) is 12.4. The minimum absolute atomic E-state index is 0.200. The predicted octanol–water partition coefficient (Wildman–Crippen LogP) is 4.01. The molecular formula is C11H8Cl2N2OS. The highest BCUT2D eigenvalue weighted by molar-refractivity contribution is 7.13. The van der Waals surface area contributed by atoms with E-state index in [1.54, 1.807) is 24.4 Å². The van der Waals surface area contributed by atoms with Crippen molar-refractivity contribution in [3.63, 3.8) is 0 Å². The summed E-state index contributed by atoms with van der Waals surface area (Å²) in [5.74, 6) is -0.200. The molecule has 0 aliphatic heterocycles. The molecule has 0 spiro atoms. The summed E-state index contributed by atoms with van der Waals surface area (Å²) in [7, 11) is 0. The molecule has 0 saturated heterocycles. The van der Waals surface area contributed by atoms with Crippen LogP contribution in [0.3, 0.4) is 0 Å². The number of hydrogen-bond donors (Lipinski definition) is 1. The molecule has 1 aromatic carbocycles. The number of halogens is 2. The highest BCUT2D eigenvalue weighted by Crippen LogP contribution is 2.25. The smallest absolute Gasteiger partial charge is 0.267 e. The Kier molecular flexibility index (Phi) is 3.66. The first-order valence-corrected chi connectivity index (χ1v) is 6.32. The standard InChI is InChI=1S/C11H8Cl2N2OS/c1-6-14-5-10(17-6)11(16)15-7-2-3-8(12)9(13)4-7/h2-5H,1H3,(H,15,16). The lowest BCUT2D eigenvalue weighted by molar-refractivity contribution is 0.103. The molecule has 1 aromatic heterocycles. The van der Waals surface area contributed by atoms with Gasteiger partial charge in [-0.1, -0.05) is 23.2 Å². The number of benzene rings is 1. The van der Waals surface area contributed by atoms with Crippen LogP contribution in [0.4, 0.5) is 5.69 Å². The topological polar surface area (TPSA) is 42.0 Å². The molecule has 0 aliphatic carbocycles. The van der Waals surface area contributed by atoms with E-state index in [4.69, 9.17) is 23.2 Å². The maximum Gasteiger partial charge on any atom is 0.267 e. The third-order valence-corrected chi connectivity index (χ3v) is 3.67. The molecule has 17 heavy (non-hydrogen) atoms.